The Hall–Kier alpha value is -0.130. The summed E-state index contributed by atoms with van der Waals surface area (Å²) in [5, 5.41) is 0. The Morgan fingerprint density at radius 2 is 2.42 bits per heavy atom. The largest absolute Gasteiger partial charge is 0.330 e. The summed E-state index contributed by atoms with van der Waals surface area (Å²) in [6, 6.07) is 0. The van der Waals surface area contributed by atoms with Gasteiger partial charge in [-0.15, -0.1) is 0 Å². The average molecular weight is 203 g/mol. The van der Waals surface area contributed by atoms with Crippen molar-refractivity contribution < 1.29 is 0 Å². The van der Waals surface area contributed by atoms with Crippen molar-refractivity contribution in [2.75, 3.05) is 12.3 Å². The van der Waals surface area contributed by atoms with Crippen LogP contribution in [-0.2, 0) is 0 Å². The van der Waals surface area contributed by atoms with Crippen LogP contribution in [0.15, 0.2) is 4.34 Å². The van der Waals surface area contributed by atoms with E-state index in [1.165, 1.54) is 11.5 Å². The predicted octanol–water partition coefficient (Wildman–Crippen LogP) is 1.53. The minimum Gasteiger partial charge on any atom is -0.330 e. The van der Waals surface area contributed by atoms with Gasteiger partial charge < -0.3 is 5.73 Å². The number of hydrogen-bond donors (Lipinski definition) is 1. The third-order valence-corrected chi connectivity index (χ3v) is 3.66. The van der Waals surface area contributed by atoms with Crippen molar-refractivity contribution in [2.45, 2.75) is 18.2 Å². The van der Waals surface area contributed by atoms with Crippen molar-refractivity contribution in [3.05, 3.63) is 5.82 Å². The molecular weight excluding hydrogens is 190 g/mol. The fourth-order valence-corrected chi connectivity index (χ4v) is 2.33. The first-order valence-electron chi connectivity index (χ1n) is 3.85. The number of aryl methyl sites for hydroxylation is 1. The van der Waals surface area contributed by atoms with Crippen LogP contribution in [0.4, 0.5) is 0 Å². The highest BCUT2D eigenvalue weighted by Crippen LogP contribution is 2.21. The molecule has 12 heavy (non-hydrogen) atoms. The highest BCUT2D eigenvalue weighted by Gasteiger charge is 2.04. The van der Waals surface area contributed by atoms with Crippen LogP contribution >= 0.6 is 23.3 Å². The van der Waals surface area contributed by atoms with Crippen molar-refractivity contribution >= 4 is 23.3 Å². The number of rotatable bonds is 4. The first-order chi connectivity index (χ1) is 5.72. The van der Waals surface area contributed by atoms with Crippen LogP contribution in [0.25, 0.3) is 0 Å². The van der Waals surface area contributed by atoms with Crippen molar-refractivity contribution in [3.8, 4) is 0 Å². The van der Waals surface area contributed by atoms with Gasteiger partial charge in [0.2, 0.25) is 0 Å². The predicted molar refractivity (Wildman–Crippen MR) is 53.6 cm³/mol. The van der Waals surface area contributed by atoms with E-state index in [1.54, 1.807) is 11.8 Å². The van der Waals surface area contributed by atoms with Gasteiger partial charge in [-0.25, -0.2) is 4.98 Å². The van der Waals surface area contributed by atoms with E-state index in [9.17, 15) is 0 Å². The number of thioether (sulfide) groups is 1. The van der Waals surface area contributed by atoms with Crippen LogP contribution in [0.1, 0.15) is 12.7 Å². The second-order valence-electron chi connectivity index (χ2n) is 2.76. The van der Waals surface area contributed by atoms with Crippen LogP contribution in [0.2, 0.25) is 0 Å². The van der Waals surface area contributed by atoms with Gasteiger partial charge in [-0.05, 0) is 30.9 Å². The molecule has 0 radical (unpaired) electrons. The van der Waals surface area contributed by atoms with E-state index in [0.29, 0.717) is 5.92 Å². The fourth-order valence-electron chi connectivity index (χ4n) is 0.618. The standard InChI is InChI=1S/C7H13N3S2/c1-5(3-8)4-11-7-9-6(2)10-12-7/h5H,3-4,8H2,1-2H3. The van der Waals surface area contributed by atoms with Gasteiger partial charge in [0.1, 0.15) is 5.82 Å². The first-order valence-corrected chi connectivity index (χ1v) is 5.61. The molecule has 0 saturated heterocycles. The summed E-state index contributed by atoms with van der Waals surface area (Å²) in [6.07, 6.45) is 0. The molecule has 0 amide bonds. The minimum absolute atomic E-state index is 0.555. The van der Waals surface area contributed by atoms with Crippen molar-refractivity contribution in [2.24, 2.45) is 11.7 Å². The van der Waals surface area contributed by atoms with E-state index in [0.717, 1.165) is 22.5 Å². The molecule has 0 aromatic carbocycles. The molecule has 5 heteroatoms. The lowest BCUT2D eigenvalue weighted by Crippen LogP contribution is -2.12. The summed E-state index contributed by atoms with van der Waals surface area (Å²) in [5.41, 5.74) is 5.50. The zero-order valence-electron chi connectivity index (χ0n) is 7.28. The molecule has 1 aromatic rings. The molecule has 1 heterocycles. The molecule has 0 aliphatic heterocycles. The number of nitrogens with zero attached hydrogens (tertiary/aromatic N) is 2. The van der Waals surface area contributed by atoms with E-state index >= 15 is 0 Å². The van der Waals surface area contributed by atoms with Crippen LogP contribution in [0, 0.1) is 12.8 Å². The zero-order chi connectivity index (χ0) is 8.97. The van der Waals surface area contributed by atoms with Gasteiger partial charge in [-0.1, -0.05) is 18.7 Å². The zero-order valence-corrected chi connectivity index (χ0v) is 8.91. The van der Waals surface area contributed by atoms with Crippen LogP contribution in [0.5, 0.6) is 0 Å². The Labute approximate surface area is 80.9 Å². The summed E-state index contributed by atoms with van der Waals surface area (Å²) in [6.45, 7) is 4.79. The lowest BCUT2D eigenvalue weighted by Gasteiger charge is -2.04. The molecule has 1 atom stereocenters. The number of nitrogens with two attached hydrogens (primary N) is 1. The third kappa shape index (κ3) is 3.08. The minimum atomic E-state index is 0.555. The van der Waals surface area contributed by atoms with Gasteiger partial charge >= 0.3 is 0 Å². The molecular formula is C7H13N3S2. The fraction of sp³-hybridized carbons (Fsp3) is 0.714. The van der Waals surface area contributed by atoms with Crippen LogP contribution in [-0.4, -0.2) is 21.7 Å². The van der Waals surface area contributed by atoms with Gasteiger partial charge in [0.05, 0.1) is 0 Å². The second kappa shape index (κ2) is 4.79. The number of hydrogen-bond acceptors (Lipinski definition) is 5. The van der Waals surface area contributed by atoms with Gasteiger partial charge in [-0.3, -0.25) is 0 Å². The molecule has 1 rings (SSSR count). The maximum atomic E-state index is 5.50. The molecule has 68 valence electrons. The highest BCUT2D eigenvalue weighted by atomic mass is 32.2. The summed E-state index contributed by atoms with van der Waals surface area (Å²) in [7, 11) is 0. The van der Waals surface area contributed by atoms with E-state index in [1.807, 2.05) is 6.92 Å². The Kier molecular flexibility index (Phi) is 3.97. The maximum absolute atomic E-state index is 5.50. The van der Waals surface area contributed by atoms with Crippen LogP contribution < -0.4 is 5.73 Å². The summed E-state index contributed by atoms with van der Waals surface area (Å²) < 4.78 is 5.15. The number of aromatic nitrogens is 2. The van der Waals surface area contributed by atoms with Gasteiger partial charge in [0.25, 0.3) is 0 Å². The van der Waals surface area contributed by atoms with Crippen molar-refractivity contribution in [3.63, 3.8) is 0 Å². The monoisotopic (exact) mass is 203 g/mol. The molecule has 0 fully saturated rings. The second-order valence-corrected chi connectivity index (χ2v) is 4.78. The molecule has 2 N–H and O–H groups in total. The smallest absolute Gasteiger partial charge is 0.170 e. The van der Waals surface area contributed by atoms with E-state index < -0.39 is 0 Å². The van der Waals surface area contributed by atoms with Crippen molar-refractivity contribution in [1.82, 2.24) is 9.36 Å². The molecule has 0 bridgehead atoms. The lowest BCUT2D eigenvalue weighted by atomic mass is 10.2. The Morgan fingerprint density at radius 1 is 1.67 bits per heavy atom. The van der Waals surface area contributed by atoms with Gasteiger partial charge in [0, 0.05) is 5.75 Å². The van der Waals surface area contributed by atoms with Crippen LogP contribution in [0.3, 0.4) is 0 Å². The third-order valence-electron chi connectivity index (χ3n) is 1.40. The highest BCUT2D eigenvalue weighted by molar-refractivity contribution is 8.00. The maximum Gasteiger partial charge on any atom is 0.170 e. The van der Waals surface area contributed by atoms with Crippen molar-refractivity contribution in [1.29, 1.82) is 0 Å². The Morgan fingerprint density at radius 3 is 2.92 bits per heavy atom. The quantitative estimate of drug-likeness (QED) is 0.754. The molecule has 0 saturated carbocycles. The van der Waals surface area contributed by atoms with Gasteiger partial charge in [0.15, 0.2) is 4.34 Å². The molecule has 0 aliphatic carbocycles. The summed E-state index contributed by atoms with van der Waals surface area (Å²) >= 11 is 3.20. The van der Waals surface area contributed by atoms with E-state index in [4.69, 9.17) is 5.73 Å². The Bertz CT molecular complexity index is 236. The SMILES string of the molecule is Cc1nsc(SCC(C)CN)n1. The normalized spacial score (nSPS) is 13.2. The molecule has 1 aromatic heterocycles. The molecule has 3 nitrogen and oxygen atoms in total. The summed E-state index contributed by atoms with van der Waals surface area (Å²) in [4.78, 5) is 4.25. The summed E-state index contributed by atoms with van der Waals surface area (Å²) in [5.74, 6) is 2.45. The molecule has 1 unspecified atom stereocenters. The Balaban J connectivity index is 2.33. The lowest BCUT2D eigenvalue weighted by molar-refractivity contribution is 0.675. The van der Waals surface area contributed by atoms with E-state index in [-0.39, 0.29) is 0 Å². The first kappa shape index (κ1) is 9.95. The molecule has 0 spiro atoms. The van der Waals surface area contributed by atoms with Gasteiger partial charge in [-0.2, -0.15) is 4.37 Å². The van der Waals surface area contributed by atoms with E-state index in [2.05, 4.69) is 16.3 Å². The average Bonchev–Trinajstić information content (AvgIpc) is 2.47. The molecule has 0 aliphatic rings. The topological polar surface area (TPSA) is 51.8 Å².